The van der Waals surface area contributed by atoms with Crippen molar-refractivity contribution in [2.45, 2.75) is 6.42 Å². The number of hydrogen-bond acceptors (Lipinski definition) is 2. The molecule has 0 saturated carbocycles. The third kappa shape index (κ3) is 1.73. The van der Waals surface area contributed by atoms with Crippen LogP contribution in [-0.2, 0) is 0 Å². The van der Waals surface area contributed by atoms with Gasteiger partial charge in [-0.2, -0.15) is 0 Å². The van der Waals surface area contributed by atoms with Crippen LogP contribution >= 0.6 is 11.6 Å². The summed E-state index contributed by atoms with van der Waals surface area (Å²) < 4.78 is 0. The van der Waals surface area contributed by atoms with Crippen molar-refractivity contribution in [3.63, 3.8) is 0 Å². The van der Waals surface area contributed by atoms with Gasteiger partial charge in [0.05, 0.1) is 11.4 Å². The van der Waals surface area contributed by atoms with Crippen molar-refractivity contribution >= 4 is 23.0 Å². The highest BCUT2D eigenvalue weighted by Crippen LogP contribution is 2.29. The molecule has 0 spiro atoms. The van der Waals surface area contributed by atoms with Gasteiger partial charge in [-0.25, -0.2) is 0 Å². The fourth-order valence-corrected chi connectivity index (χ4v) is 1.81. The van der Waals surface area contributed by atoms with Crippen molar-refractivity contribution in [2.75, 3.05) is 30.4 Å². The smallest absolute Gasteiger partial charge is 0.0600 e. The fourth-order valence-electron chi connectivity index (χ4n) is 1.64. The average molecular weight is 197 g/mol. The van der Waals surface area contributed by atoms with Crippen LogP contribution in [0.3, 0.4) is 0 Å². The summed E-state index contributed by atoms with van der Waals surface area (Å²) in [6.45, 7) is 2.12. The molecule has 1 aromatic rings. The number of halogens is 1. The van der Waals surface area contributed by atoms with Crippen LogP contribution in [-0.4, -0.2) is 20.1 Å². The van der Waals surface area contributed by atoms with Crippen LogP contribution in [0.1, 0.15) is 6.42 Å². The Morgan fingerprint density at radius 3 is 3.15 bits per heavy atom. The van der Waals surface area contributed by atoms with E-state index in [4.69, 9.17) is 11.6 Å². The molecule has 2 nitrogen and oxygen atoms in total. The highest BCUT2D eigenvalue weighted by molar-refractivity contribution is 6.31. The maximum atomic E-state index is 5.92. The summed E-state index contributed by atoms with van der Waals surface area (Å²) in [5.41, 5.74) is 2.38. The van der Waals surface area contributed by atoms with Gasteiger partial charge in [0, 0.05) is 25.2 Å². The Morgan fingerprint density at radius 1 is 1.46 bits per heavy atom. The zero-order valence-corrected chi connectivity index (χ0v) is 8.43. The molecule has 0 aromatic heterocycles. The normalized spacial score (nSPS) is 16.0. The molecule has 0 radical (unpaired) electrons. The lowest BCUT2D eigenvalue weighted by atomic mass is 10.2. The van der Waals surface area contributed by atoms with Crippen LogP contribution in [0.15, 0.2) is 18.2 Å². The standard InChI is InChI=1S/C10H13ClN2/c1-13-6-2-5-12-9-7-8(11)3-4-10(9)13/h3-4,7,12H,2,5-6H2,1H3. The maximum absolute atomic E-state index is 5.92. The number of fused-ring (bicyclic) bond motifs is 1. The monoisotopic (exact) mass is 196 g/mol. The van der Waals surface area contributed by atoms with E-state index in [2.05, 4.69) is 23.3 Å². The highest BCUT2D eigenvalue weighted by atomic mass is 35.5. The predicted molar refractivity (Wildman–Crippen MR) is 57.8 cm³/mol. The third-order valence-corrected chi connectivity index (χ3v) is 2.59. The Kier molecular flexibility index (Phi) is 2.32. The first kappa shape index (κ1) is 8.70. The Hall–Kier alpha value is -0.890. The molecule has 70 valence electrons. The summed E-state index contributed by atoms with van der Waals surface area (Å²) in [5, 5.41) is 4.16. The fraction of sp³-hybridized carbons (Fsp3) is 0.400. The Morgan fingerprint density at radius 2 is 2.31 bits per heavy atom. The van der Waals surface area contributed by atoms with Crippen molar-refractivity contribution in [1.82, 2.24) is 0 Å². The van der Waals surface area contributed by atoms with Crippen molar-refractivity contribution < 1.29 is 0 Å². The van der Waals surface area contributed by atoms with Gasteiger partial charge in [-0.05, 0) is 24.6 Å². The van der Waals surface area contributed by atoms with Gasteiger partial charge in [0.1, 0.15) is 0 Å². The molecule has 0 fully saturated rings. The lowest BCUT2D eigenvalue weighted by Crippen LogP contribution is -2.17. The molecule has 1 heterocycles. The number of nitrogens with one attached hydrogen (secondary N) is 1. The quantitative estimate of drug-likeness (QED) is 0.686. The van der Waals surface area contributed by atoms with Crippen molar-refractivity contribution in [2.24, 2.45) is 0 Å². The first-order chi connectivity index (χ1) is 6.27. The van der Waals surface area contributed by atoms with E-state index in [1.54, 1.807) is 0 Å². The molecular weight excluding hydrogens is 184 g/mol. The van der Waals surface area contributed by atoms with Gasteiger partial charge in [0.15, 0.2) is 0 Å². The Bertz CT molecular complexity index is 312. The third-order valence-electron chi connectivity index (χ3n) is 2.36. The van der Waals surface area contributed by atoms with Crippen LogP contribution in [0.5, 0.6) is 0 Å². The summed E-state index contributed by atoms with van der Waals surface area (Å²) in [7, 11) is 2.11. The second-order valence-corrected chi connectivity index (χ2v) is 3.80. The van der Waals surface area contributed by atoms with Crippen LogP contribution in [0.4, 0.5) is 11.4 Å². The van der Waals surface area contributed by atoms with Crippen LogP contribution < -0.4 is 10.2 Å². The van der Waals surface area contributed by atoms with E-state index in [1.165, 1.54) is 12.1 Å². The van der Waals surface area contributed by atoms with Crippen LogP contribution in [0.2, 0.25) is 5.02 Å². The summed E-state index contributed by atoms with van der Waals surface area (Å²) in [6.07, 6.45) is 1.17. The second kappa shape index (κ2) is 3.46. The largest absolute Gasteiger partial charge is 0.383 e. The number of nitrogens with zero attached hydrogens (tertiary/aromatic N) is 1. The van der Waals surface area contributed by atoms with Crippen molar-refractivity contribution in [3.05, 3.63) is 23.2 Å². The van der Waals surface area contributed by atoms with E-state index in [0.29, 0.717) is 0 Å². The zero-order valence-electron chi connectivity index (χ0n) is 7.68. The van der Waals surface area contributed by atoms with Crippen molar-refractivity contribution in [3.8, 4) is 0 Å². The van der Waals surface area contributed by atoms with E-state index in [1.807, 2.05) is 12.1 Å². The minimum atomic E-state index is 0.793. The molecule has 0 aliphatic carbocycles. The molecule has 1 aliphatic rings. The molecule has 13 heavy (non-hydrogen) atoms. The molecule has 1 aliphatic heterocycles. The average Bonchev–Trinajstić information content (AvgIpc) is 2.28. The maximum Gasteiger partial charge on any atom is 0.0600 e. The number of benzene rings is 1. The summed E-state index contributed by atoms with van der Waals surface area (Å²) in [5.74, 6) is 0. The van der Waals surface area contributed by atoms with Crippen LogP contribution in [0, 0.1) is 0 Å². The van der Waals surface area contributed by atoms with Gasteiger partial charge < -0.3 is 10.2 Å². The second-order valence-electron chi connectivity index (χ2n) is 3.36. The molecule has 1 N–H and O–H groups in total. The van der Waals surface area contributed by atoms with Gasteiger partial charge >= 0.3 is 0 Å². The molecule has 2 rings (SSSR count). The molecular formula is C10H13ClN2. The topological polar surface area (TPSA) is 15.3 Å². The van der Waals surface area contributed by atoms with E-state index >= 15 is 0 Å². The molecule has 0 bridgehead atoms. The van der Waals surface area contributed by atoms with E-state index in [9.17, 15) is 0 Å². The van der Waals surface area contributed by atoms with Gasteiger partial charge in [-0.15, -0.1) is 0 Å². The summed E-state index contributed by atoms with van der Waals surface area (Å²) >= 11 is 5.92. The Balaban J connectivity index is 2.42. The van der Waals surface area contributed by atoms with E-state index in [-0.39, 0.29) is 0 Å². The first-order valence-corrected chi connectivity index (χ1v) is 4.90. The SMILES string of the molecule is CN1CCCNc2cc(Cl)ccc21. The zero-order chi connectivity index (χ0) is 9.26. The van der Waals surface area contributed by atoms with Gasteiger partial charge in [0.2, 0.25) is 0 Å². The Labute approximate surface area is 83.5 Å². The minimum Gasteiger partial charge on any atom is -0.383 e. The van der Waals surface area contributed by atoms with Gasteiger partial charge in [0.25, 0.3) is 0 Å². The molecule has 0 amide bonds. The lowest BCUT2D eigenvalue weighted by Gasteiger charge is -2.18. The molecule has 0 atom stereocenters. The summed E-state index contributed by atoms with van der Waals surface area (Å²) in [6, 6.07) is 5.98. The number of rotatable bonds is 0. The van der Waals surface area contributed by atoms with E-state index in [0.717, 1.165) is 23.8 Å². The predicted octanol–water partition coefficient (Wildman–Crippen LogP) is 2.59. The molecule has 3 heteroatoms. The molecule has 0 saturated heterocycles. The highest BCUT2D eigenvalue weighted by Gasteiger charge is 2.10. The van der Waals surface area contributed by atoms with Crippen molar-refractivity contribution in [1.29, 1.82) is 0 Å². The molecule has 0 unspecified atom stereocenters. The van der Waals surface area contributed by atoms with Gasteiger partial charge in [-0.3, -0.25) is 0 Å². The van der Waals surface area contributed by atoms with E-state index < -0.39 is 0 Å². The minimum absolute atomic E-state index is 0.793. The summed E-state index contributed by atoms with van der Waals surface area (Å²) in [4.78, 5) is 2.26. The lowest BCUT2D eigenvalue weighted by molar-refractivity contribution is 0.837. The number of hydrogen-bond donors (Lipinski definition) is 1. The van der Waals surface area contributed by atoms with Crippen LogP contribution in [0.25, 0.3) is 0 Å². The van der Waals surface area contributed by atoms with Gasteiger partial charge in [-0.1, -0.05) is 11.6 Å². The number of anilines is 2. The molecule has 1 aromatic carbocycles. The first-order valence-electron chi connectivity index (χ1n) is 4.52.